The Morgan fingerprint density at radius 1 is 0.844 bits per heavy atom. The topological polar surface area (TPSA) is 71.5 Å². The van der Waals surface area contributed by atoms with Crippen molar-refractivity contribution in [2.75, 3.05) is 66.0 Å². The van der Waals surface area contributed by atoms with E-state index in [0.29, 0.717) is 30.2 Å². The zero-order chi connectivity index (χ0) is 22.9. The average molecular weight is 462 g/mol. The number of benzene rings is 2. The van der Waals surface area contributed by atoms with E-state index in [-0.39, 0.29) is 11.4 Å². The number of sulfonamides is 1. The lowest BCUT2D eigenvalue weighted by Crippen LogP contribution is -2.44. The summed E-state index contributed by atoms with van der Waals surface area (Å²) in [6, 6.07) is 8.99. The summed E-state index contributed by atoms with van der Waals surface area (Å²) >= 11 is 0. The van der Waals surface area contributed by atoms with Gasteiger partial charge in [0.05, 0.1) is 31.9 Å². The van der Waals surface area contributed by atoms with Crippen LogP contribution >= 0.6 is 0 Å². The number of rotatable bonds is 6. The second-order valence-electron chi connectivity index (χ2n) is 8.15. The van der Waals surface area contributed by atoms with Crippen molar-refractivity contribution in [2.45, 2.75) is 17.9 Å². The number of methoxy groups -OCH3 is 3. The van der Waals surface area contributed by atoms with Crippen molar-refractivity contribution in [1.82, 2.24) is 9.21 Å². The molecule has 0 spiro atoms. The maximum atomic E-state index is 13.6. The van der Waals surface area contributed by atoms with Crippen molar-refractivity contribution in [1.29, 1.82) is 0 Å². The van der Waals surface area contributed by atoms with Crippen molar-refractivity contribution in [2.24, 2.45) is 0 Å². The molecule has 2 heterocycles. The van der Waals surface area contributed by atoms with Gasteiger partial charge in [-0.1, -0.05) is 6.07 Å². The highest BCUT2D eigenvalue weighted by molar-refractivity contribution is 7.89. The third-order valence-electron chi connectivity index (χ3n) is 6.34. The van der Waals surface area contributed by atoms with Crippen LogP contribution in [0.15, 0.2) is 35.2 Å². The van der Waals surface area contributed by atoms with Gasteiger partial charge in [-0.2, -0.15) is 4.31 Å². The largest absolute Gasteiger partial charge is 0.495 e. The van der Waals surface area contributed by atoms with Gasteiger partial charge in [-0.15, -0.1) is 0 Å². The summed E-state index contributed by atoms with van der Waals surface area (Å²) < 4.78 is 45.3. The summed E-state index contributed by atoms with van der Waals surface area (Å²) in [4.78, 5) is 4.73. The highest BCUT2D eigenvalue weighted by atomic mass is 32.2. The lowest BCUT2D eigenvalue weighted by molar-refractivity contribution is 0.311. The molecule has 2 aliphatic rings. The molecule has 1 fully saturated rings. The molecule has 9 heteroatoms. The molecule has 0 bridgehead atoms. The zero-order valence-corrected chi connectivity index (χ0v) is 19.9. The highest BCUT2D eigenvalue weighted by Gasteiger charge is 2.32. The summed E-state index contributed by atoms with van der Waals surface area (Å²) in [6.07, 6.45) is 0.621. The van der Waals surface area contributed by atoms with Crippen LogP contribution in [0.4, 0.5) is 5.69 Å². The number of ether oxygens (including phenoxy) is 3. The van der Waals surface area contributed by atoms with Gasteiger partial charge in [0.25, 0.3) is 0 Å². The SMILES string of the molecule is COc1ccc(S(=O)(=O)N2CCc3ccc(OC)c(OC)c3C2)cc1N1CCN(C)CC1. The molecule has 2 aromatic rings. The van der Waals surface area contributed by atoms with Crippen molar-refractivity contribution in [3.05, 3.63) is 41.5 Å². The minimum absolute atomic E-state index is 0.244. The molecular formula is C23H31N3O5S. The number of hydrogen-bond acceptors (Lipinski definition) is 7. The first-order valence-corrected chi connectivity index (χ1v) is 12.2. The lowest BCUT2D eigenvalue weighted by Gasteiger charge is -2.35. The molecule has 8 nitrogen and oxygen atoms in total. The van der Waals surface area contributed by atoms with E-state index >= 15 is 0 Å². The Morgan fingerprint density at radius 3 is 2.19 bits per heavy atom. The number of piperazine rings is 1. The molecule has 0 unspecified atom stereocenters. The number of hydrogen-bond donors (Lipinski definition) is 0. The molecule has 0 aliphatic carbocycles. The molecular weight excluding hydrogens is 430 g/mol. The Balaban J connectivity index is 1.67. The molecule has 0 radical (unpaired) electrons. The normalized spacial score (nSPS) is 17.7. The van der Waals surface area contributed by atoms with Crippen molar-refractivity contribution >= 4 is 15.7 Å². The summed E-state index contributed by atoms with van der Waals surface area (Å²) in [6.45, 7) is 4.15. The average Bonchev–Trinajstić information content (AvgIpc) is 2.82. The first kappa shape index (κ1) is 22.7. The third kappa shape index (κ3) is 4.12. The van der Waals surface area contributed by atoms with Crippen molar-refractivity contribution in [3.8, 4) is 17.2 Å². The Labute approximate surface area is 190 Å². The van der Waals surface area contributed by atoms with Gasteiger partial charge >= 0.3 is 0 Å². The van der Waals surface area contributed by atoms with Crippen LogP contribution in [0, 0.1) is 0 Å². The maximum Gasteiger partial charge on any atom is 0.243 e. The summed E-state index contributed by atoms with van der Waals surface area (Å²) in [5.74, 6) is 1.88. The van der Waals surface area contributed by atoms with Crippen LogP contribution in [-0.2, 0) is 23.0 Å². The molecule has 0 saturated carbocycles. The maximum absolute atomic E-state index is 13.6. The van der Waals surface area contributed by atoms with E-state index in [2.05, 4.69) is 16.8 Å². The number of fused-ring (bicyclic) bond motifs is 1. The zero-order valence-electron chi connectivity index (χ0n) is 19.1. The summed E-state index contributed by atoms with van der Waals surface area (Å²) in [7, 11) is 3.17. The predicted octanol–water partition coefficient (Wildman–Crippen LogP) is 2.21. The van der Waals surface area contributed by atoms with Gasteiger partial charge in [-0.3, -0.25) is 0 Å². The molecule has 1 saturated heterocycles. The first-order chi connectivity index (χ1) is 15.4. The standard InChI is InChI=1S/C23H31N3O5S/c1-24-11-13-25(14-12-24)20-15-18(6-8-21(20)29-2)32(27,28)26-10-9-17-5-7-22(30-3)23(31-4)19(17)16-26/h5-8,15H,9-14,16H2,1-4H3. The first-order valence-electron chi connectivity index (χ1n) is 10.7. The third-order valence-corrected chi connectivity index (χ3v) is 8.18. The van der Waals surface area contributed by atoms with Gasteiger partial charge in [0.1, 0.15) is 5.75 Å². The van der Waals surface area contributed by atoms with Gasteiger partial charge in [-0.25, -0.2) is 8.42 Å². The predicted molar refractivity (Wildman–Crippen MR) is 124 cm³/mol. The van der Waals surface area contributed by atoms with Crippen molar-refractivity contribution < 1.29 is 22.6 Å². The van der Waals surface area contributed by atoms with Gasteiger partial charge in [0.15, 0.2) is 11.5 Å². The minimum Gasteiger partial charge on any atom is -0.495 e. The van der Waals surface area contributed by atoms with Gasteiger partial charge < -0.3 is 24.0 Å². The Bertz CT molecular complexity index is 1080. The van der Waals surface area contributed by atoms with Crippen LogP contribution in [0.2, 0.25) is 0 Å². The van der Waals surface area contributed by atoms with Crippen LogP contribution in [0.25, 0.3) is 0 Å². The van der Waals surface area contributed by atoms with E-state index in [1.54, 1.807) is 39.5 Å². The van der Waals surface area contributed by atoms with E-state index in [0.717, 1.165) is 43.0 Å². The quantitative estimate of drug-likeness (QED) is 0.653. The molecule has 0 aromatic heterocycles. The fraction of sp³-hybridized carbons (Fsp3) is 0.478. The van der Waals surface area contributed by atoms with Gasteiger partial charge in [0.2, 0.25) is 10.0 Å². The van der Waals surface area contributed by atoms with Crippen LogP contribution in [-0.4, -0.2) is 78.7 Å². The van der Waals surface area contributed by atoms with Crippen LogP contribution < -0.4 is 19.1 Å². The van der Waals surface area contributed by atoms with Crippen LogP contribution in [0.3, 0.4) is 0 Å². The van der Waals surface area contributed by atoms with Gasteiger partial charge in [-0.05, 0) is 43.3 Å². The van der Waals surface area contributed by atoms with E-state index in [4.69, 9.17) is 14.2 Å². The molecule has 4 rings (SSSR count). The molecule has 0 atom stereocenters. The molecule has 174 valence electrons. The van der Waals surface area contributed by atoms with Crippen LogP contribution in [0.1, 0.15) is 11.1 Å². The fourth-order valence-corrected chi connectivity index (χ4v) is 5.85. The number of anilines is 1. The van der Waals surface area contributed by atoms with E-state index in [1.807, 2.05) is 12.1 Å². The highest BCUT2D eigenvalue weighted by Crippen LogP contribution is 2.39. The molecule has 0 N–H and O–H groups in total. The van der Waals surface area contributed by atoms with E-state index in [9.17, 15) is 8.42 Å². The monoisotopic (exact) mass is 461 g/mol. The van der Waals surface area contributed by atoms with E-state index < -0.39 is 10.0 Å². The Morgan fingerprint density at radius 2 is 1.53 bits per heavy atom. The molecule has 32 heavy (non-hydrogen) atoms. The smallest absolute Gasteiger partial charge is 0.243 e. The van der Waals surface area contributed by atoms with Gasteiger partial charge in [0, 0.05) is 44.8 Å². The van der Waals surface area contributed by atoms with Crippen LogP contribution in [0.5, 0.6) is 17.2 Å². The number of likely N-dealkylation sites (N-methyl/N-ethyl adjacent to an activating group) is 1. The lowest BCUT2D eigenvalue weighted by atomic mass is 9.99. The van der Waals surface area contributed by atoms with E-state index in [1.165, 1.54) is 4.31 Å². The second kappa shape index (κ2) is 9.17. The fourth-order valence-electron chi connectivity index (χ4n) is 4.42. The number of nitrogens with zero attached hydrogens (tertiary/aromatic N) is 3. The summed E-state index contributed by atoms with van der Waals surface area (Å²) in [5, 5.41) is 0. The Kier molecular flexibility index (Phi) is 6.50. The Hall–Kier alpha value is -2.49. The summed E-state index contributed by atoms with van der Waals surface area (Å²) in [5.41, 5.74) is 2.76. The van der Waals surface area contributed by atoms with Crippen molar-refractivity contribution in [3.63, 3.8) is 0 Å². The molecule has 0 amide bonds. The second-order valence-corrected chi connectivity index (χ2v) is 10.1. The minimum atomic E-state index is -3.70. The molecule has 2 aliphatic heterocycles. The molecule has 2 aromatic carbocycles.